The minimum atomic E-state index is -0.110. The summed E-state index contributed by atoms with van der Waals surface area (Å²) >= 11 is 0. The summed E-state index contributed by atoms with van der Waals surface area (Å²) in [5, 5.41) is 3.29. The Labute approximate surface area is 114 Å². The van der Waals surface area contributed by atoms with Crippen LogP contribution in [0.3, 0.4) is 0 Å². The summed E-state index contributed by atoms with van der Waals surface area (Å²) < 4.78 is 5.65. The van der Waals surface area contributed by atoms with Gasteiger partial charge in [-0.3, -0.25) is 4.79 Å². The van der Waals surface area contributed by atoms with Crippen molar-refractivity contribution in [2.24, 2.45) is 5.92 Å². The van der Waals surface area contributed by atoms with Crippen molar-refractivity contribution < 1.29 is 9.53 Å². The summed E-state index contributed by atoms with van der Waals surface area (Å²) in [6.07, 6.45) is 0. The Hall–Kier alpha value is -1.55. The normalized spacial score (nSPS) is 20.9. The van der Waals surface area contributed by atoms with E-state index in [4.69, 9.17) is 4.74 Å². The van der Waals surface area contributed by atoms with Crippen LogP contribution in [0.2, 0.25) is 0 Å². The topological polar surface area (TPSA) is 41.6 Å². The summed E-state index contributed by atoms with van der Waals surface area (Å²) in [6.45, 7) is 6.98. The zero-order valence-electron chi connectivity index (χ0n) is 11.6. The van der Waals surface area contributed by atoms with E-state index in [1.807, 2.05) is 42.2 Å². The zero-order chi connectivity index (χ0) is 13.7. The molecule has 1 heterocycles. The molecule has 4 heteroatoms. The molecule has 1 saturated heterocycles. The number of nitrogens with zero attached hydrogens (tertiary/aromatic N) is 1. The smallest absolute Gasteiger partial charge is 0.229 e. The van der Waals surface area contributed by atoms with Crippen molar-refractivity contribution in [3.05, 3.63) is 30.3 Å². The lowest BCUT2D eigenvalue weighted by molar-refractivity contribution is -0.138. The highest BCUT2D eigenvalue weighted by atomic mass is 16.5. The van der Waals surface area contributed by atoms with Gasteiger partial charge in [0.1, 0.15) is 5.75 Å². The number of amides is 1. The highest BCUT2D eigenvalue weighted by molar-refractivity contribution is 5.79. The molecule has 0 bridgehead atoms. The molecule has 0 radical (unpaired) electrons. The monoisotopic (exact) mass is 262 g/mol. The van der Waals surface area contributed by atoms with Gasteiger partial charge in [0.2, 0.25) is 5.91 Å². The molecule has 0 saturated carbocycles. The van der Waals surface area contributed by atoms with Gasteiger partial charge in [0.15, 0.2) is 0 Å². The molecule has 1 aliphatic heterocycles. The number of para-hydroxylation sites is 1. The maximum absolute atomic E-state index is 12.3. The quantitative estimate of drug-likeness (QED) is 0.894. The molecule has 1 N–H and O–H groups in total. The Morgan fingerprint density at radius 3 is 2.89 bits per heavy atom. The average molecular weight is 262 g/mol. The number of carbonyl (C=O) groups excluding carboxylic acids is 1. The molecule has 104 valence electrons. The van der Waals surface area contributed by atoms with Crippen LogP contribution in [0.15, 0.2) is 30.3 Å². The number of benzene rings is 1. The van der Waals surface area contributed by atoms with Gasteiger partial charge in [0, 0.05) is 25.7 Å². The Morgan fingerprint density at radius 2 is 2.21 bits per heavy atom. The number of carbonyl (C=O) groups is 1. The molecule has 0 aliphatic carbocycles. The molecule has 0 aromatic heterocycles. The van der Waals surface area contributed by atoms with Crippen molar-refractivity contribution in [1.29, 1.82) is 0 Å². The second kappa shape index (κ2) is 6.57. The first-order valence-corrected chi connectivity index (χ1v) is 6.87. The van der Waals surface area contributed by atoms with Crippen molar-refractivity contribution in [2.45, 2.75) is 19.9 Å². The zero-order valence-corrected chi connectivity index (χ0v) is 11.6. The number of piperazine rings is 1. The molecule has 1 unspecified atom stereocenters. The highest BCUT2D eigenvalue weighted by Crippen LogP contribution is 2.13. The molecule has 2 rings (SSSR count). The van der Waals surface area contributed by atoms with Gasteiger partial charge < -0.3 is 15.0 Å². The third-order valence-electron chi connectivity index (χ3n) is 3.45. The van der Waals surface area contributed by atoms with Gasteiger partial charge in [-0.15, -0.1) is 0 Å². The Kier molecular flexibility index (Phi) is 4.80. The fourth-order valence-corrected chi connectivity index (χ4v) is 2.26. The van der Waals surface area contributed by atoms with Crippen LogP contribution in [0.4, 0.5) is 0 Å². The largest absolute Gasteiger partial charge is 0.493 e. The van der Waals surface area contributed by atoms with Crippen LogP contribution in [0.25, 0.3) is 0 Å². The molecular formula is C15H22N2O2. The Balaban J connectivity index is 1.85. The lowest BCUT2D eigenvalue weighted by Gasteiger charge is -2.35. The van der Waals surface area contributed by atoms with E-state index in [-0.39, 0.29) is 17.9 Å². The highest BCUT2D eigenvalue weighted by Gasteiger charge is 2.27. The first-order valence-electron chi connectivity index (χ1n) is 6.87. The molecule has 1 aromatic rings. The lowest BCUT2D eigenvalue weighted by Crippen LogP contribution is -2.54. The minimum absolute atomic E-state index is 0.110. The lowest BCUT2D eigenvalue weighted by atomic mass is 10.1. The van der Waals surface area contributed by atoms with E-state index < -0.39 is 0 Å². The average Bonchev–Trinajstić information content (AvgIpc) is 2.45. The number of hydrogen-bond donors (Lipinski definition) is 1. The molecule has 0 spiro atoms. The van der Waals surface area contributed by atoms with E-state index in [9.17, 15) is 4.79 Å². The van der Waals surface area contributed by atoms with E-state index in [1.165, 1.54) is 0 Å². The van der Waals surface area contributed by atoms with Gasteiger partial charge in [-0.1, -0.05) is 25.1 Å². The fraction of sp³-hybridized carbons (Fsp3) is 0.533. The number of ether oxygens (including phenoxy) is 1. The van der Waals surface area contributed by atoms with Crippen LogP contribution >= 0.6 is 0 Å². The van der Waals surface area contributed by atoms with E-state index >= 15 is 0 Å². The van der Waals surface area contributed by atoms with Gasteiger partial charge in [0.05, 0.1) is 12.5 Å². The van der Waals surface area contributed by atoms with Crippen molar-refractivity contribution >= 4 is 5.91 Å². The predicted molar refractivity (Wildman–Crippen MR) is 75.1 cm³/mol. The second-order valence-corrected chi connectivity index (χ2v) is 5.11. The molecule has 1 aromatic carbocycles. The van der Waals surface area contributed by atoms with E-state index in [2.05, 4.69) is 12.2 Å². The maximum atomic E-state index is 12.3. The number of rotatable bonds is 4. The molecule has 1 fully saturated rings. The molecule has 2 atom stereocenters. The van der Waals surface area contributed by atoms with Crippen LogP contribution in [0, 0.1) is 5.92 Å². The first-order chi connectivity index (χ1) is 9.18. The summed E-state index contributed by atoms with van der Waals surface area (Å²) in [6, 6.07) is 9.89. The van der Waals surface area contributed by atoms with Gasteiger partial charge in [0.25, 0.3) is 0 Å². The van der Waals surface area contributed by atoms with Crippen molar-refractivity contribution in [3.8, 4) is 5.75 Å². The van der Waals surface area contributed by atoms with Crippen LogP contribution in [0.5, 0.6) is 5.75 Å². The van der Waals surface area contributed by atoms with E-state index in [1.54, 1.807) is 0 Å². The van der Waals surface area contributed by atoms with Gasteiger partial charge in [-0.2, -0.15) is 0 Å². The Morgan fingerprint density at radius 1 is 1.47 bits per heavy atom. The third kappa shape index (κ3) is 3.70. The van der Waals surface area contributed by atoms with Crippen molar-refractivity contribution in [2.75, 3.05) is 26.2 Å². The third-order valence-corrected chi connectivity index (χ3v) is 3.45. The molecule has 19 heavy (non-hydrogen) atoms. The minimum Gasteiger partial charge on any atom is -0.493 e. The maximum Gasteiger partial charge on any atom is 0.229 e. The molecule has 1 amide bonds. The van der Waals surface area contributed by atoms with Gasteiger partial charge in [-0.25, -0.2) is 0 Å². The van der Waals surface area contributed by atoms with Crippen molar-refractivity contribution in [3.63, 3.8) is 0 Å². The molecule has 4 nitrogen and oxygen atoms in total. The summed E-state index contributed by atoms with van der Waals surface area (Å²) in [5.41, 5.74) is 0. The van der Waals surface area contributed by atoms with Crippen molar-refractivity contribution in [1.82, 2.24) is 10.2 Å². The fourth-order valence-electron chi connectivity index (χ4n) is 2.26. The van der Waals surface area contributed by atoms with Crippen LogP contribution < -0.4 is 10.1 Å². The van der Waals surface area contributed by atoms with E-state index in [0.717, 1.165) is 25.4 Å². The van der Waals surface area contributed by atoms with Gasteiger partial charge in [-0.05, 0) is 19.1 Å². The van der Waals surface area contributed by atoms with Crippen LogP contribution in [-0.2, 0) is 4.79 Å². The predicted octanol–water partition coefficient (Wildman–Crippen LogP) is 1.52. The number of nitrogens with one attached hydrogen (secondary N) is 1. The van der Waals surface area contributed by atoms with E-state index in [0.29, 0.717) is 6.61 Å². The number of hydrogen-bond acceptors (Lipinski definition) is 3. The summed E-state index contributed by atoms with van der Waals surface area (Å²) in [7, 11) is 0. The SMILES string of the molecule is CC(COc1ccccc1)C(=O)N1CCNC[C@@H]1C. The first kappa shape index (κ1) is 13.9. The molecular weight excluding hydrogens is 240 g/mol. The van der Waals surface area contributed by atoms with Gasteiger partial charge >= 0.3 is 0 Å². The Bertz CT molecular complexity index is 408. The van der Waals surface area contributed by atoms with Crippen LogP contribution in [-0.4, -0.2) is 43.1 Å². The standard InChI is InChI=1S/C15H22N2O2/c1-12(11-19-14-6-4-3-5-7-14)15(18)17-9-8-16-10-13(17)2/h3-7,12-13,16H,8-11H2,1-2H3/t12?,13-/m0/s1. The second-order valence-electron chi connectivity index (χ2n) is 5.11. The summed E-state index contributed by atoms with van der Waals surface area (Å²) in [5.74, 6) is 0.890. The summed E-state index contributed by atoms with van der Waals surface area (Å²) in [4.78, 5) is 14.3. The molecule has 1 aliphatic rings. The van der Waals surface area contributed by atoms with Crippen LogP contribution in [0.1, 0.15) is 13.8 Å².